The normalized spacial score (nSPS) is 11.2. The lowest BCUT2D eigenvalue weighted by atomic mass is 10.2. The van der Waals surface area contributed by atoms with Crippen LogP contribution in [0.15, 0.2) is 55.4 Å². The average molecular weight is 344 g/mol. The number of nitrogens with zero attached hydrogens (tertiary/aromatic N) is 5. The van der Waals surface area contributed by atoms with Crippen molar-refractivity contribution in [1.29, 1.82) is 5.41 Å². The van der Waals surface area contributed by atoms with Gasteiger partial charge in [-0.2, -0.15) is 0 Å². The van der Waals surface area contributed by atoms with Crippen LogP contribution in [0.4, 0.5) is 0 Å². The predicted octanol–water partition coefficient (Wildman–Crippen LogP) is 2.82. The van der Waals surface area contributed by atoms with E-state index in [0.717, 1.165) is 34.4 Å². The van der Waals surface area contributed by atoms with E-state index in [1.807, 2.05) is 35.0 Å². The van der Waals surface area contributed by atoms with Crippen molar-refractivity contribution in [2.75, 3.05) is 0 Å². The maximum Gasteiger partial charge on any atom is 0.146 e. The molecule has 0 amide bonds. The van der Waals surface area contributed by atoms with Crippen molar-refractivity contribution in [3.63, 3.8) is 0 Å². The van der Waals surface area contributed by atoms with Crippen LogP contribution in [0.25, 0.3) is 11.0 Å². The second-order valence-corrected chi connectivity index (χ2v) is 6.43. The molecule has 0 saturated carbocycles. The van der Waals surface area contributed by atoms with Crippen LogP contribution in [0.3, 0.4) is 0 Å². The smallest absolute Gasteiger partial charge is 0.146 e. The summed E-state index contributed by atoms with van der Waals surface area (Å²) in [5.74, 6) is 0. The number of hydrogen-bond donors (Lipinski definition) is 1. The van der Waals surface area contributed by atoms with E-state index in [9.17, 15) is 0 Å². The number of hydrogen-bond acceptors (Lipinski definition) is 4. The molecule has 6 heteroatoms. The molecule has 4 rings (SSSR count). The zero-order valence-corrected chi connectivity index (χ0v) is 14.8. The van der Waals surface area contributed by atoms with Crippen molar-refractivity contribution >= 4 is 11.0 Å². The van der Waals surface area contributed by atoms with Crippen LogP contribution in [0.1, 0.15) is 22.4 Å². The molecule has 0 aromatic carbocycles. The Kier molecular flexibility index (Phi) is 4.08. The summed E-state index contributed by atoms with van der Waals surface area (Å²) in [5.41, 5.74) is 5.79. The fraction of sp³-hybridized carbons (Fsp3) is 0.200. The molecule has 0 atom stereocenters. The molecule has 130 valence electrons. The fourth-order valence-corrected chi connectivity index (χ4v) is 3.26. The molecule has 0 aliphatic carbocycles. The largest absolute Gasteiger partial charge is 0.325 e. The van der Waals surface area contributed by atoms with Crippen molar-refractivity contribution in [3.05, 3.63) is 83.3 Å². The third-order valence-corrected chi connectivity index (χ3v) is 4.81. The minimum atomic E-state index is 0.480. The van der Waals surface area contributed by atoms with E-state index in [-0.39, 0.29) is 0 Å². The van der Waals surface area contributed by atoms with Gasteiger partial charge in [0.2, 0.25) is 0 Å². The molecule has 0 aliphatic heterocycles. The van der Waals surface area contributed by atoms with E-state index in [1.165, 1.54) is 5.56 Å². The maximum absolute atomic E-state index is 8.70. The Bertz CT molecular complexity index is 1110. The van der Waals surface area contributed by atoms with Crippen LogP contribution in [-0.4, -0.2) is 24.1 Å². The molecule has 4 heterocycles. The molecule has 0 unspecified atom stereocenters. The average Bonchev–Trinajstić information content (AvgIpc) is 2.91. The highest BCUT2D eigenvalue weighted by Crippen LogP contribution is 2.21. The molecule has 1 N–H and O–H groups in total. The van der Waals surface area contributed by atoms with Crippen LogP contribution < -0.4 is 5.49 Å². The van der Waals surface area contributed by atoms with Crippen LogP contribution >= 0.6 is 0 Å². The standard InChI is InChI=1S/C20H20N6/c1-14-15(2)26(12-16-5-8-22-9-6-16)20-18(14)19(21)25(13-24-20)11-17-4-3-7-23-10-17/h3-10,13,21H,11-12H2,1-2H3. The second kappa shape index (κ2) is 6.55. The predicted molar refractivity (Wildman–Crippen MR) is 99.7 cm³/mol. The van der Waals surface area contributed by atoms with Gasteiger partial charge in [0, 0.05) is 37.0 Å². The van der Waals surface area contributed by atoms with Gasteiger partial charge in [-0.3, -0.25) is 15.4 Å². The van der Waals surface area contributed by atoms with Gasteiger partial charge < -0.3 is 9.13 Å². The Morgan fingerprint density at radius 1 is 0.962 bits per heavy atom. The molecule has 26 heavy (non-hydrogen) atoms. The summed E-state index contributed by atoms with van der Waals surface area (Å²) < 4.78 is 4.04. The molecule has 4 aromatic heterocycles. The lowest BCUT2D eigenvalue weighted by Crippen LogP contribution is -2.22. The zero-order valence-electron chi connectivity index (χ0n) is 14.8. The van der Waals surface area contributed by atoms with Gasteiger partial charge in [0.1, 0.15) is 11.1 Å². The van der Waals surface area contributed by atoms with Gasteiger partial charge in [-0.25, -0.2) is 4.98 Å². The van der Waals surface area contributed by atoms with Gasteiger partial charge in [-0.15, -0.1) is 0 Å². The molecule has 0 aliphatic rings. The first kappa shape index (κ1) is 16.2. The number of nitrogens with one attached hydrogen (secondary N) is 1. The Morgan fingerprint density at radius 2 is 1.77 bits per heavy atom. The molecule has 6 nitrogen and oxygen atoms in total. The minimum Gasteiger partial charge on any atom is -0.325 e. The summed E-state index contributed by atoms with van der Waals surface area (Å²) in [6.07, 6.45) is 8.93. The number of pyridine rings is 2. The maximum atomic E-state index is 8.70. The summed E-state index contributed by atoms with van der Waals surface area (Å²) in [5, 5.41) is 9.60. The fourth-order valence-electron chi connectivity index (χ4n) is 3.26. The Morgan fingerprint density at radius 3 is 2.50 bits per heavy atom. The summed E-state index contributed by atoms with van der Waals surface area (Å²) in [6.45, 7) is 5.46. The number of aryl methyl sites for hydroxylation is 1. The number of fused-ring (bicyclic) bond motifs is 1. The van der Waals surface area contributed by atoms with Crippen molar-refractivity contribution < 1.29 is 0 Å². The van der Waals surface area contributed by atoms with Crippen LogP contribution in [0.5, 0.6) is 0 Å². The van der Waals surface area contributed by atoms with E-state index < -0.39 is 0 Å². The van der Waals surface area contributed by atoms with Crippen molar-refractivity contribution in [3.8, 4) is 0 Å². The first-order chi connectivity index (χ1) is 12.6. The van der Waals surface area contributed by atoms with Crippen LogP contribution in [0, 0.1) is 19.3 Å². The molecular formula is C20H20N6. The molecule has 0 bridgehead atoms. The molecular weight excluding hydrogens is 324 g/mol. The first-order valence-corrected chi connectivity index (χ1v) is 8.52. The topological polar surface area (TPSA) is 72.4 Å². The van der Waals surface area contributed by atoms with Gasteiger partial charge in [-0.05, 0) is 48.7 Å². The third kappa shape index (κ3) is 2.79. The first-order valence-electron chi connectivity index (χ1n) is 8.52. The minimum absolute atomic E-state index is 0.480. The van der Waals surface area contributed by atoms with Crippen molar-refractivity contribution in [1.82, 2.24) is 24.1 Å². The lowest BCUT2D eigenvalue weighted by Gasteiger charge is -2.09. The Hall–Kier alpha value is -3.28. The summed E-state index contributed by atoms with van der Waals surface area (Å²) in [7, 11) is 0. The molecule has 0 fully saturated rings. The van der Waals surface area contributed by atoms with E-state index in [4.69, 9.17) is 5.41 Å². The monoisotopic (exact) mass is 344 g/mol. The van der Waals surface area contributed by atoms with E-state index in [0.29, 0.717) is 12.0 Å². The zero-order chi connectivity index (χ0) is 18.1. The highest BCUT2D eigenvalue weighted by molar-refractivity contribution is 5.80. The quantitative estimate of drug-likeness (QED) is 0.619. The van der Waals surface area contributed by atoms with E-state index >= 15 is 0 Å². The molecule has 0 radical (unpaired) electrons. The lowest BCUT2D eigenvalue weighted by molar-refractivity contribution is 0.713. The Labute approximate surface area is 151 Å². The summed E-state index contributed by atoms with van der Waals surface area (Å²) in [4.78, 5) is 12.9. The van der Waals surface area contributed by atoms with Crippen molar-refractivity contribution in [2.45, 2.75) is 26.9 Å². The summed E-state index contributed by atoms with van der Waals surface area (Å²) in [6, 6.07) is 7.93. The van der Waals surface area contributed by atoms with Crippen LogP contribution in [-0.2, 0) is 13.1 Å². The van der Waals surface area contributed by atoms with Gasteiger partial charge >= 0.3 is 0 Å². The van der Waals surface area contributed by atoms with Gasteiger partial charge in [0.15, 0.2) is 0 Å². The molecule has 4 aromatic rings. The summed E-state index contributed by atoms with van der Waals surface area (Å²) >= 11 is 0. The van der Waals surface area contributed by atoms with Gasteiger partial charge in [0.05, 0.1) is 18.3 Å². The molecule has 0 spiro atoms. The van der Waals surface area contributed by atoms with Crippen molar-refractivity contribution in [2.24, 2.45) is 0 Å². The van der Waals surface area contributed by atoms with Gasteiger partial charge in [-0.1, -0.05) is 6.07 Å². The van der Waals surface area contributed by atoms with E-state index in [2.05, 4.69) is 33.4 Å². The SMILES string of the molecule is Cc1c(C)n(Cc2ccncc2)c2ncn(Cc3cccnc3)c(=N)c12. The highest BCUT2D eigenvalue weighted by atomic mass is 15.1. The second-order valence-electron chi connectivity index (χ2n) is 6.43. The number of aromatic nitrogens is 5. The third-order valence-electron chi connectivity index (χ3n) is 4.81. The van der Waals surface area contributed by atoms with E-state index in [1.54, 1.807) is 24.9 Å². The van der Waals surface area contributed by atoms with Crippen LogP contribution in [0.2, 0.25) is 0 Å². The number of rotatable bonds is 4. The highest BCUT2D eigenvalue weighted by Gasteiger charge is 2.15. The Balaban J connectivity index is 1.81. The van der Waals surface area contributed by atoms with Gasteiger partial charge in [0.25, 0.3) is 0 Å². The molecule has 0 saturated heterocycles.